The normalized spacial score (nSPS) is 12.9. The van der Waals surface area contributed by atoms with Gasteiger partial charge in [0.1, 0.15) is 5.75 Å². The van der Waals surface area contributed by atoms with Gasteiger partial charge in [-0.3, -0.25) is 4.68 Å². The fourth-order valence-corrected chi connectivity index (χ4v) is 2.48. The number of aryl methyl sites for hydroxylation is 2. The van der Waals surface area contributed by atoms with Crippen LogP contribution >= 0.6 is 0 Å². The summed E-state index contributed by atoms with van der Waals surface area (Å²) in [6.07, 6.45) is 2.93. The van der Waals surface area contributed by atoms with Crippen molar-refractivity contribution in [3.8, 4) is 17.2 Å². The number of nitrogens with zero attached hydrogens (tertiary/aromatic N) is 2. The Morgan fingerprint density at radius 1 is 1.24 bits per heavy atom. The van der Waals surface area contributed by atoms with E-state index in [1.807, 2.05) is 24.0 Å². The number of aromatic hydroxyl groups is 1. The van der Waals surface area contributed by atoms with Crippen LogP contribution < -0.4 is 14.8 Å². The molecule has 0 unspecified atom stereocenters. The van der Waals surface area contributed by atoms with Crippen LogP contribution in [0.1, 0.15) is 23.7 Å². The van der Waals surface area contributed by atoms with Crippen LogP contribution in [0.15, 0.2) is 18.3 Å². The van der Waals surface area contributed by atoms with Gasteiger partial charge in [0.25, 0.3) is 0 Å². The smallest absolute Gasteiger partial charge is 0.231 e. The maximum atomic E-state index is 9.98. The highest BCUT2D eigenvalue weighted by molar-refractivity contribution is 5.51. The van der Waals surface area contributed by atoms with Crippen molar-refractivity contribution in [3.05, 3.63) is 35.2 Å². The molecule has 0 atom stereocenters. The number of phenols is 1. The standard InChI is InChI=1S/C15H19N3O3/c1-3-12-11(8-18(2)17-12)7-16-6-10-4-14-15(5-13(10)19)21-9-20-14/h4-5,8,16,19H,3,6-7,9H2,1-2H3. The number of ether oxygens (including phenoxy) is 2. The third-order valence-electron chi connectivity index (χ3n) is 3.53. The summed E-state index contributed by atoms with van der Waals surface area (Å²) < 4.78 is 12.4. The van der Waals surface area contributed by atoms with Crippen molar-refractivity contribution in [3.63, 3.8) is 0 Å². The second kappa shape index (κ2) is 5.65. The average molecular weight is 289 g/mol. The lowest BCUT2D eigenvalue weighted by atomic mass is 10.1. The fourth-order valence-electron chi connectivity index (χ4n) is 2.48. The second-order valence-corrected chi connectivity index (χ2v) is 5.07. The lowest BCUT2D eigenvalue weighted by molar-refractivity contribution is 0.174. The van der Waals surface area contributed by atoms with E-state index >= 15 is 0 Å². The molecule has 2 aromatic rings. The summed E-state index contributed by atoms with van der Waals surface area (Å²) >= 11 is 0. The molecule has 0 radical (unpaired) electrons. The average Bonchev–Trinajstić information content (AvgIpc) is 3.04. The molecule has 6 heteroatoms. The number of benzene rings is 1. The van der Waals surface area contributed by atoms with Gasteiger partial charge in [0, 0.05) is 43.5 Å². The van der Waals surface area contributed by atoms with Gasteiger partial charge in [-0.2, -0.15) is 5.10 Å². The van der Waals surface area contributed by atoms with Crippen molar-refractivity contribution >= 4 is 0 Å². The molecule has 1 aromatic heterocycles. The maximum absolute atomic E-state index is 9.98. The van der Waals surface area contributed by atoms with Crippen LogP contribution in [0.2, 0.25) is 0 Å². The third kappa shape index (κ3) is 2.80. The first-order chi connectivity index (χ1) is 10.2. The molecule has 1 aliphatic rings. The Hall–Kier alpha value is -2.21. The molecule has 2 heterocycles. The quantitative estimate of drug-likeness (QED) is 0.877. The van der Waals surface area contributed by atoms with E-state index < -0.39 is 0 Å². The zero-order valence-corrected chi connectivity index (χ0v) is 12.2. The Labute approximate surface area is 123 Å². The zero-order valence-electron chi connectivity index (χ0n) is 12.2. The summed E-state index contributed by atoms with van der Waals surface area (Å²) in [7, 11) is 1.92. The lowest BCUT2D eigenvalue weighted by Gasteiger charge is -2.08. The Balaban J connectivity index is 1.65. The molecule has 1 aliphatic heterocycles. The van der Waals surface area contributed by atoms with Crippen molar-refractivity contribution in [2.45, 2.75) is 26.4 Å². The number of hydrogen-bond acceptors (Lipinski definition) is 5. The molecule has 21 heavy (non-hydrogen) atoms. The van der Waals surface area contributed by atoms with Gasteiger partial charge >= 0.3 is 0 Å². The molecule has 1 aromatic carbocycles. The summed E-state index contributed by atoms with van der Waals surface area (Å²) in [5, 5.41) is 17.7. The first-order valence-electron chi connectivity index (χ1n) is 7.01. The molecule has 0 bridgehead atoms. The summed E-state index contributed by atoms with van der Waals surface area (Å²) in [5.41, 5.74) is 3.07. The molecule has 112 valence electrons. The van der Waals surface area contributed by atoms with Gasteiger partial charge in [0.05, 0.1) is 5.69 Å². The number of phenolic OH excluding ortho intramolecular Hbond substituents is 1. The van der Waals surface area contributed by atoms with Gasteiger partial charge < -0.3 is 19.9 Å². The third-order valence-corrected chi connectivity index (χ3v) is 3.53. The van der Waals surface area contributed by atoms with Crippen molar-refractivity contribution in [1.29, 1.82) is 0 Å². The minimum absolute atomic E-state index is 0.210. The van der Waals surface area contributed by atoms with Crippen molar-refractivity contribution < 1.29 is 14.6 Å². The highest BCUT2D eigenvalue weighted by atomic mass is 16.7. The fraction of sp³-hybridized carbons (Fsp3) is 0.400. The van der Waals surface area contributed by atoms with E-state index in [1.165, 1.54) is 5.56 Å². The van der Waals surface area contributed by atoms with E-state index in [0.29, 0.717) is 24.6 Å². The number of fused-ring (bicyclic) bond motifs is 1. The Morgan fingerprint density at radius 2 is 1.95 bits per heavy atom. The Kier molecular flexibility index (Phi) is 3.70. The van der Waals surface area contributed by atoms with Gasteiger partial charge in [0.15, 0.2) is 11.5 Å². The first kappa shape index (κ1) is 13.8. The predicted octanol–water partition coefficient (Wildman–Crippen LogP) is 1.71. The van der Waals surface area contributed by atoms with Crippen LogP contribution in [0.25, 0.3) is 0 Å². The van der Waals surface area contributed by atoms with Crippen molar-refractivity contribution in [1.82, 2.24) is 15.1 Å². The van der Waals surface area contributed by atoms with Gasteiger partial charge in [-0.1, -0.05) is 6.92 Å². The van der Waals surface area contributed by atoms with Crippen molar-refractivity contribution in [2.75, 3.05) is 6.79 Å². The van der Waals surface area contributed by atoms with E-state index in [4.69, 9.17) is 9.47 Å². The molecular formula is C15H19N3O3. The first-order valence-corrected chi connectivity index (χ1v) is 7.01. The van der Waals surface area contributed by atoms with E-state index in [-0.39, 0.29) is 12.5 Å². The molecule has 0 aliphatic carbocycles. The van der Waals surface area contributed by atoms with E-state index in [2.05, 4.69) is 17.3 Å². The van der Waals surface area contributed by atoms with Crippen LogP contribution in [-0.2, 0) is 26.6 Å². The van der Waals surface area contributed by atoms with Crippen LogP contribution in [0.3, 0.4) is 0 Å². The Bertz CT molecular complexity index is 652. The van der Waals surface area contributed by atoms with E-state index in [0.717, 1.165) is 17.7 Å². The number of aromatic nitrogens is 2. The van der Waals surface area contributed by atoms with E-state index in [9.17, 15) is 5.11 Å². The zero-order chi connectivity index (χ0) is 14.8. The second-order valence-electron chi connectivity index (χ2n) is 5.07. The maximum Gasteiger partial charge on any atom is 0.231 e. The van der Waals surface area contributed by atoms with Gasteiger partial charge in [-0.05, 0) is 12.5 Å². The summed E-state index contributed by atoms with van der Waals surface area (Å²) in [5.74, 6) is 1.49. The highest BCUT2D eigenvalue weighted by Gasteiger charge is 2.16. The minimum Gasteiger partial charge on any atom is -0.507 e. The molecular weight excluding hydrogens is 270 g/mol. The molecule has 0 spiro atoms. The highest BCUT2D eigenvalue weighted by Crippen LogP contribution is 2.37. The number of hydrogen-bond donors (Lipinski definition) is 2. The summed E-state index contributed by atoms with van der Waals surface area (Å²) in [6.45, 7) is 3.57. The molecule has 0 saturated carbocycles. The Morgan fingerprint density at radius 3 is 2.71 bits per heavy atom. The SMILES string of the molecule is CCc1nn(C)cc1CNCc1cc2c(cc1O)OCO2. The van der Waals surface area contributed by atoms with Crippen LogP contribution in [0.4, 0.5) is 0 Å². The van der Waals surface area contributed by atoms with E-state index in [1.54, 1.807) is 6.07 Å². The summed E-state index contributed by atoms with van der Waals surface area (Å²) in [6, 6.07) is 3.41. The topological polar surface area (TPSA) is 68.5 Å². The molecule has 0 saturated heterocycles. The predicted molar refractivity (Wildman–Crippen MR) is 77.4 cm³/mol. The molecule has 3 rings (SSSR count). The van der Waals surface area contributed by atoms with Crippen LogP contribution in [0.5, 0.6) is 17.2 Å². The minimum atomic E-state index is 0.210. The monoisotopic (exact) mass is 289 g/mol. The molecule has 6 nitrogen and oxygen atoms in total. The molecule has 0 amide bonds. The van der Waals surface area contributed by atoms with Gasteiger partial charge in [-0.25, -0.2) is 0 Å². The van der Waals surface area contributed by atoms with Crippen molar-refractivity contribution in [2.24, 2.45) is 7.05 Å². The molecule has 2 N–H and O–H groups in total. The number of rotatable bonds is 5. The van der Waals surface area contributed by atoms with Crippen LogP contribution in [0, 0.1) is 0 Å². The largest absolute Gasteiger partial charge is 0.507 e. The summed E-state index contributed by atoms with van der Waals surface area (Å²) in [4.78, 5) is 0. The van der Waals surface area contributed by atoms with Crippen LogP contribution in [-0.4, -0.2) is 21.7 Å². The van der Waals surface area contributed by atoms with Gasteiger partial charge in [0.2, 0.25) is 6.79 Å². The van der Waals surface area contributed by atoms with Gasteiger partial charge in [-0.15, -0.1) is 0 Å². The molecule has 0 fully saturated rings. The number of nitrogens with one attached hydrogen (secondary N) is 1. The lowest BCUT2D eigenvalue weighted by Crippen LogP contribution is -2.13.